The van der Waals surface area contributed by atoms with Gasteiger partial charge in [0.25, 0.3) is 0 Å². The van der Waals surface area contributed by atoms with E-state index in [1.165, 1.54) is 10.9 Å². The van der Waals surface area contributed by atoms with Crippen molar-refractivity contribution < 1.29 is 4.39 Å². The lowest BCUT2D eigenvalue weighted by molar-refractivity contribution is 0.580. The van der Waals surface area contributed by atoms with Crippen LogP contribution in [-0.2, 0) is 6.54 Å². The van der Waals surface area contributed by atoms with E-state index in [-0.39, 0.29) is 11.6 Å². The summed E-state index contributed by atoms with van der Waals surface area (Å²) in [4.78, 5) is 1.26. The van der Waals surface area contributed by atoms with Crippen molar-refractivity contribution in [2.75, 3.05) is 0 Å². The number of hydrogen-bond acceptors (Lipinski definition) is 3. The van der Waals surface area contributed by atoms with Crippen molar-refractivity contribution >= 4 is 11.3 Å². The van der Waals surface area contributed by atoms with Gasteiger partial charge in [-0.3, -0.25) is 0 Å². The van der Waals surface area contributed by atoms with Gasteiger partial charge in [-0.25, -0.2) is 4.39 Å². The molecule has 0 spiro atoms. The van der Waals surface area contributed by atoms with Gasteiger partial charge in [-0.05, 0) is 36.1 Å². The van der Waals surface area contributed by atoms with Gasteiger partial charge in [-0.1, -0.05) is 12.1 Å². The van der Waals surface area contributed by atoms with Crippen LogP contribution in [0.25, 0.3) is 0 Å². The van der Waals surface area contributed by atoms with Crippen LogP contribution in [0, 0.1) is 17.1 Å². The second-order valence-corrected chi connectivity index (χ2v) is 5.02. The maximum absolute atomic E-state index is 13.2. The number of hydrogen-bond donors (Lipinski definition) is 1. The molecule has 1 aromatic heterocycles. The summed E-state index contributed by atoms with van der Waals surface area (Å²) >= 11 is 1.70. The van der Waals surface area contributed by atoms with Gasteiger partial charge in [-0.15, -0.1) is 11.3 Å². The third kappa shape index (κ3) is 2.95. The number of nitriles is 1. The summed E-state index contributed by atoms with van der Waals surface area (Å²) in [7, 11) is 0. The molecular weight excluding hydrogens is 247 g/mol. The minimum atomic E-state index is -0.465. The Hall–Kier alpha value is -1.70. The van der Waals surface area contributed by atoms with E-state index in [4.69, 9.17) is 5.26 Å². The first-order valence-electron chi connectivity index (χ1n) is 5.66. The quantitative estimate of drug-likeness (QED) is 0.911. The van der Waals surface area contributed by atoms with Crippen LogP contribution in [0.3, 0.4) is 0 Å². The minimum Gasteiger partial charge on any atom is -0.305 e. The van der Waals surface area contributed by atoms with Crippen LogP contribution in [0.4, 0.5) is 4.39 Å². The normalized spacial score (nSPS) is 12.1. The fraction of sp³-hybridized carbons (Fsp3) is 0.214. The van der Waals surface area contributed by atoms with Crippen molar-refractivity contribution in [3.63, 3.8) is 0 Å². The molecule has 1 aromatic carbocycles. The Balaban J connectivity index is 2.01. The van der Waals surface area contributed by atoms with Crippen LogP contribution in [0.5, 0.6) is 0 Å². The third-order valence-corrected chi connectivity index (χ3v) is 3.79. The summed E-state index contributed by atoms with van der Waals surface area (Å²) in [6, 6.07) is 10.8. The maximum atomic E-state index is 13.2. The van der Waals surface area contributed by atoms with E-state index in [9.17, 15) is 4.39 Å². The van der Waals surface area contributed by atoms with Gasteiger partial charge in [0, 0.05) is 17.5 Å². The first-order chi connectivity index (χ1) is 8.70. The lowest BCUT2D eigenvalue weighted by atomic mass is 10.1. The van der Waals surface area contributed by atoms with E-state index in [1.54, 1.807) is 23.5 Å². The number of nitrogens with one attached hydrogen (secondary N) is 1. The number of halogens is 1. The molecule has 1 atom stereocenters. The lowest BCUT2D eigenvalue weighted by Gasteiger charge is -2.12. The van der Waals surface area contributed by atoms with E-state index in [0.29, 0.717) is 6.54 Å². The molecule has 0 aliphatic carbocycles. The Labute approximate surface area is 110 Å². The van der Waals surface area contributed by atoms with Gasteiger partial charge in [-0.2, -0.15) is 5.26 Å². The largest absolute Gasteiger partial charge is 0.305 e. The molecule has 2 rings (SSSR count). The molecule has 0 radical (unpaired) electrons. The fourth-order valence-electron chi connectivity index (χ4n) is 1.68. The SMILES string of the molecule is CC(NCc1ccc(F)c(C#N)c1)c1cccs1. The Kier molecular flexibility index (Phi) is 4.08. The lowest BCUT2D eigenvalue weighted by Crippen LogP contribution is -2.17. The molecule has 1 N–H and O–H groups in total. The number of benzene rings is 1. The molecule has 2 nitrogen and oxygen atoms in total. The molecule has 0 saturated heterocycles. The maximum Gasteiger partial charge on any atom is 0.140 e. The average molecular weight is 260 g/mol. The summed E-state index contributed by atoms with van der Waals surface area (Å²) in [5, 5.41) is 14.2. The van der Waals surface area contributed by atoms with Gasteiger partial charge in [0.2, 0.25) is 0 Å². The van der Waals surface area contributed by atoms with E-state index in [2.05, 4.69) is 18.3 Å². The molecular formula is C14H13FN2S. The summed E-state index contributed by atoms with van der Waals surface area (Å²) in [6.07, 6.45) is 0. The second-order valence-electron chi connectivity index (χ2n) is 4.04. The van der Waals surface area contributed by atoms with E-state index in [0.717, 1.165) is 5.56 Å². The summed E-state index contributed by atoms with van der Waals surface area (Å²) in [6.45, 7) is 2.70. The van der Waals surface area contributed by atoms with Crippen molar-refractivity contribution in [2.24, 2.45) is 0 Å². The molecule has 18 heavy (non-hydrogen) atoms. The van der Waals surface area contributed by atoms with E-state index >= 15 is 0 Å². The van der Waals surface area contributed by atoms with Crippen LogP contribution < -0.4 is 5.32 Å². The average Bonchev–Trinajstić information content (AvgIpc) is 2.91. The molecule has 2 aromatic rings. The zero-order chi connectivity index (χ0) is 13.0. The first-order valence-corrected chi connectivity index (χ1v) is 6.54. The summed E-state index contributed by atoms with van der Waals surface area (Å²) in [5.74, 6) is -0.465. The molecule has 0 saturated carbocycles. The Morgan fingerprint density at radius 1 is 1.44 bits per heavy atom. The predicted molar refractivity (Wildman–Crippen MR) is 70.7 cm³/mol. The van der Waals surface area contributed by atoms with Gasteiger partial charge in [0.05, 0.1) is 5.56 Å². The second kappa shape index (κ2) is 5.76. The monoisotopic (exact) mass is 260 g/mol. The van der Waals surface area contributed by atoms with Crippen molar-refractivity contribution in [3.8, 4) is 6.07 Å². The molecule has 0 bridgehead atoms. The number of rotatable bonds is 4. The van der Waals surface area contributed by atoms with E-state index < -0.39 is 5.82 Å². The molecule has 0 aliphatic rings. The summed E-state index contributed by atoms with van der Waals surface area (Å²) in [5.41, 5.74) is 1.01. The van der Waals surface area contributed by atoms with Gasteiger partial charge < -0.3 is 5.32 Å². The van der Waals surface area contributed by atoms with Crippen molar-refractivity contribution in [2.45, 2.75) is 19.5 Å². The van der Waals surface area contributed by atoms with Crippen LogP contribution in [-0.4, -0.2) is 0 Å². The van der Waals surface area contributed by atoms with Gasteiger partial charge in [0.15, 0.2) is 0 Å². The zero-order valence-electron chi connectivity index (χ0n) is 9.98. The standard InChI is InChI=1S/C14H13FN2S/c1-10(14-3-2-6-18-14)17-9-11-4-5-13(15)12(7-11)8-16/h2-7,10,17H,9H2,1H3. The Morgan fingerprint density at radius 2 is 2.28 bits per heavy atom. The third-order valence-electron chi connectivity index (χ3n) is 2.73. The van der Waals surface area contributed by atoms with Crippen LogP contribution in [0.15, 0.2) is 35.7 Å². The number of nitrogens with zero attached hydrogens (tertiary/aromatic N) is 1. The molecule has 0 amide bonds. The zero-order valence-corrected chi connectivity index (χ0v) is 10.8. The topological polar surface area (TPSA) is 35.8 Å². The van der Waals surface area contributed by atoms with Crippen molar-refractivity contribution in [1.82, 2.24) is 5.32 Å². The van der Waals surface area contributed by atoms with Crippen LogP contribution in [0.2, 0.25) is 0 Å². The van der Waals surface area contributed by atoms with Crippen molar-refractivity contribution in [1.29, 1.82) is 5.26 Å². The molecule has 1 heterocycles. The Bertz CT molecular complexity index is 558. The highest BCUT2D eigenvalue weighted by molar-refractivity contribution is 7.10. The van der Waals surface area contributed by atoms with Crippen LogP contribution in [0.1, 0.15) is 29.0 Å². The van der Waals surface area contributed by atoms with Gasteiger partial charge in [0.1, 0.15) is 11.9 Å². The first kappa shape index (κ1) is 12.7. The Morgan fingerprint density at radius 3 is 2.94 bits per heavy atom. The van der Waals surface area contributed by atoms with Crippen molar-refractivity contribution in [3.05, 3.63) is 57.5 Å². The predicted octanol–water partition coefficient (Wildman–Crippen LogP) is 3.61. The highest BCUT2D eigenvalue weighted by atomic mass is 32.1. The molecule has 1 unspecified atom stereocenters. The summed E-state index contributed by atoms with van der Waals surface area (Å²) < 4.78 is 13.2. The highest BCUT2D eigenvalue weighted by Gasteiger charge is 2.07. The molecule has 92 valence electrons. The molecule has 4 heteroatoms. The fourth-order valence-corrected chi connectivity index (χ4v) is 2.44. The minimum absolute atomic E-state index is 0.0954. The molecule has 0 aliphatic heterocycles. The van der Waals surface area contributed by atoms with Gasteiger partial charge >= 0.3 is 0 Å². The van der Waals surface area contributed by atoms with Crippen LogP contribution >= 0.6 is 11.3 Å². The van der Waals surface area contributed by atoms with E-state index in [1.807, 2.05) is 17.5 Å². The highest BCUT2D eigenvalue weighted by Crippen LogP contribution is 2.19. The molecule has 0 fully saturated rings. The number of thiophene rings is 1. The smallest absolute Gasteiger partial charge is 0.140 e.